The molecule has 0 aliphatic heterocycles. The van der Waals surface area contributed by atoms with Crippen LogP contribution in [-0.2, 0) is 0 Å². The molecule has 5 heteroatoms. The first-order valence-corrected chi connectivity index (χ1v) is 6.78. The van der Waals surface area contributed by atoms with Gasteiger partial charge in [-0.3, -0.25) is 0 Å². The molecule has 0 spiro atoms. The molecule has 94 valence electrons. The molecule has 0 aliphatic carbocycles. The third-order valence-electron chi connectivity index (χ3n) is 2.80. The van der Waals surface area contributed by atoms with Gasteiger partial charge in [0.1, 0.15) is 0 Å². The van der Waals surface area contributed by atoms with E-state index in [1.54, 1.807) is 12.1 Å². The van der Waals surface area contributed by atoms with Crippen LogP contribution in [0.3, 0.4) is 0 Å². The first-order valence-electron chi connectivity index (χ1n) is 5.59. The number of benzene rings is 1. The summed E-state index contributed by atoms with van der Waals surface area (Å²) in [5, 5.41) is 9.98. The summed E-state index contributed by atoms with van der Waals surface area (Å²) in [7, 11) is 0. The highest BCUT2D eigenvalue weighted by molar-refractivity contribution is 7.19. The van der Waals surface area contributed by atoms with Gasteiger partial charge in [-0.05, 0) is 30.3 Å². The Labute approximate surface area is 118 Å². The van der Waals surface area contributed by atoms with E-state index in [0.29, 0.717) is 15.6 Å². The van der Waals surface area contributed by atoms with Crippen molar-refractivity contribution in [2.24, 2.45) is 0 Å². The Morgan fingerprint density at radius 3 is 2.58 bits per heavy atom. The molecule has 0 unspecified atom stereocenters. The summed E-state index contributed by atoms with van der Waals surface area (Å²) in [4.78, 5) is 12.6. The minimum atomic E-state index is -0.918. The molecule has 1 N–H and O–H groups in total. The summed E-state index contributed by atoms with van der Waals surface area (Å²) >= 11 is 7.13. The van der Waals surface area contributed by atoms with E-state index in [0.717, 1.165) is 10.4 Å². The van der Waals surface area contributed by atoms with Crippen molar-refractivity contribution in [3.8, 4) is 11.3 Å². The molecule has 0 aliphatic rings. The molecule has 0 radical (unpaired) electrons. The van der Waals surface area contributed by atoms with Crippen LogP contribution in [0.15, 0.2) is 48.7 Å². The highest BCUT2D eigenvalue weighted by Gasteiger charge is 2.26. The number of hydrogen-bond donors (Lipinski definition) is 1. The van der Waals surface area contributed by atoms with E-state index in [4.69, 9.17) is 11.6 Å². The second-order valence-corrected chi connectivity index (χ2v) is 5.47. The fraction of sp³-hybridized carbons (Fsp3) is 0. The lowest BCUT2D eigenvalue weighted by molar-refractivity contribution is -0.495. The SMILES string of the molecule is O=C(O)c1sc2cccc[n+]2c1-c1ccc(Cl)cc1. The predicted octanol–water partition coefficient (Wildman–Crippen LogP) is 3.51. The number of carbonyl (C=O) groups is 1. The zero-order valence-corrected chi connectivity index (χ0v) is 11.3. The number of halogens is 1. The Hall–Kier alpha value is -1.91. The zero-order valence-electron chi connectivity index (χ0n) is 9.71. The number of aromatic nitrogens is 1. The van der Waals surface area contributed by atoms with Gasteiger partial charge in [-0.2, -0.15) is 0 Å². The maximum absolute atomic E-state index is 11.4. The van der Waals surface area contributed by atoms with E-state index in [1.807, 2.05) is 40.9 Å². The van der Waals surface area contributed by atoms with E-state index >= 15 is 0 Å². The normalized spacial score (nSPS) is 10.8. The maximum atomic E-state index is 11.4. The molecule has 3 nitrogen and oxygen atoms in total. The Bertz CT molecular complexity index is 765. The number of pyridine rings is 1. The first kappa shape index (κ1) is 12.1. The molecule has 2 aromatic heterocycles. The van der Waals surface area contributed by atoms with Gasteiger partial charge in [-0.15, -0.1) is 4.40 Å². The smallest absolute Gasteiger partial charge is 0.353 e. The Balaban J connectivity index is 2.34. The lowest BCUT2D eigenvalue weighted by Gasteiger charge is -1.96. The molecule has 0 saturated heterocycles. The standard InChI is InChI=1S/C14H8ClNO2S/c15-10-6-4-9(5-7-10)12-13(14(17)18)19-11-3-1-2-8-16(11)12/h1-8H/p+1. The molecule has 2 heterocycles. The second-order valence-electron chi connectivity index (χ2n) is 4.00. The second kappa shape index (κ2) is 4.64. The molecule has 3 rings (SSSR count). The number of aromatic carboxylic acids is 1. The zero-order chi connectivity index (χ0) is 13.4. The quantitative estimate of drug-likeness (QED) is 0.734. The number of thiazole rings is 1. The molecule has 0 atom stereocenters. The van der Waals surface area contributed by atoms with E-state index in [9.17, 15) is 9.90 Å². The summed E-state index contributed by atoms with van der Waals surface area (Å²) in [6.07, 6.45) is 1.86. The fourth-order valence-electron chi connectivity index (χ4n) is 1.98. The van der Waals surface area contributed by atoms with Crippen molar-refractivity contribution in [1.82, 2.24) is 0 Å². The average molecular weight is 291 g/mol. The Morgan fingerprint density at radius 1 is 1.16 bits per heavy atom. The van der Waals surface area contributed by atoms with Gasteiger partial charge in [0, 0.05) is 22.7 Å². The summed E-state index contributed by atoms with van der Waals surface area (Å²) in [6.45, 7) is 0. The number of carboxylic acid groups (broad SMARTS) is 1. The minimum Gasteiger partial charge on any atom is -0.477 e. The van der Waals surface area contributed by atoms with Crippen LogP contribution in [0.2, 0.25) is 5.02 Å². The molecule has 1 aromatic carbocycles. The third-order valence-corrected chi connectivity index (χ3v) is 4.16. The molecule has 3 aromatic rings. The monoisotopic (exact) mass is 290 g/mol. The molecule has 0 bridgehead atoms. The van der Waals surface area contributed by atoms with E-state index < -0.39 is 5.97 Å². The van der Waals surface area contributed by atoms with Crippen molar-refractivity contribution in [2.45, 2.75) is 0 Å². The first-order chi connectivity index (χ1) is 9.16. The number of fused-ring (bicyclic) bond motifs is 1. The number of hydrogen-bond acceptors (Lipinski definition) is 2. The van der Waals surface area contributed by atoms with Gasteiger partial charge in [0.2, 0.25) is 5.69 Å². The average Bonchev–Trinajstić information content (AvgIpc) is 2.79. The van der Waals surface area contributed by atoms with Crippen LogP contribution in [0, 0.1) is 0 Å². The number of nitrogens with zero attached hydrogens (tertiary/aromatic N) is 1. The summed E-state index contributed by atoms with van der Waals surface area (Å²) in [5.41, 5.74) is 1.52. The molecule has 0 saturated carbocycles. The topological polar surface area (TPSA) is 41.4 Å². The van der Waals surface area contributed by atoms with Gasteiger partial charge in [0.25, 0.3) is 4.83 Å². The van der Waals surface area contributed by atoms with Crippen LogP contribution in [0.4, 0.5) is 0 Å². The van der Waals surface area contributed by atoms with Gasteiger partial charge < -0.3 is 5.11 Å². The molecular weight excluding hydrogens is 282 g/mol. The largest absolute Gasteiger partial charge is 0.477 e. The summed E-state index contributed by atoms with van der Waals surface area (Å²) in [5.74, 6) is -0.918. The maximum Gasteiger partial charge on any atom is 0.353 e. The van der Waals surface area contributed by atoms with Gasteiger partial charge in [0.05, 0.1) is 0 Å². The fourth-order valence-corrected chi connectivity index (χ4v) is 3.11. The van der Waals surface area contributed by atoms with Crippen LogP contribution in [0.1, 0.15) is 9.67 Å². The van der Waals surface area contributed by atoms with E-state index in [-0.39, 0.29) is 0 Å². The van der Waals surface area contributed by atoms with Gasteiger partial charge in [0.15, 0.2) is 11.1 Å². The van der Waals surface area contributed by atoms with Crippen molar-refractivity contribution in [2.75, 3.05) is 0 Å². The van der Waals surface area contributed by atoms with Gasteiger partial charge >= 0.3 is 5.97 Å². The molecule has 19 heavy (non-hydrogen) atoms. The van der Waals surface area contributed by atoms with Crippen molar-refractivity contribution in [1.29, 1.82) is 0 Å². The minimum absolute atomic E-state index is 0.327. The Morgan fingerprint density at radius 2 is 1.89 bits per heavy atom. The summed E-state index contributed by atoms with van der Waals surface area (Å²) in [6, 6.07) is 12.8. The predicted molar refractivity (Wildman–Crippen MR) is 74.9 cm³/mol. The van der Waals surface area contributed by atoms with Crippen LogP contribution >= 0.6 is 22.9 Å². The number of carboxylic acids is 1. The summed E-state index contributed by atoms with van der Waals surface area (Å²) < 4.78 is 1.89. The Kier molecular flexibility index (Phi) is 2.97. The van der Waals surface area contributed by atoms with E-state index in [2.05, 4.69) is 0 Å². The van der Waals surface area contributed by atoms with Crippen molar-refractivity contribution in [3.05, 3.63) is 58.6 Å². The molecule has 0 amide bonds. The van der Waals surface area contributed by atoms with Crippen LogP contribution in [0.5, 0.6) is 0 Å². The van der Waals surface area contributed by atoms with Crippen LogP contribution < -0.4 is 4.40 Å². The van der Waals surface area contributed by atoms with Crippen molar-refractivity contribution in [3.63, 3.8) is 0 Å². The van der Waals surface area contributed by atoms with Crippen molar-refractivity contribution >= 4 is 33.7 Å². The highest BCUT2D eigenvalue weighted by atomic mass is 35.5. The van der Waals surface area contributed by atoms with Crippen LogP contribution in [-0.4, -0.2) is 11.1 Å². The van der Waals surface area contributed by atoms with Gasteiger partial charge in [-0.1, -0.05) is 22.9 Å². The van der Waals surface area contributed by atoms with Crippen LogP contribution in [0.25, 0.3) is 16.1 Å². The van der Waals surface area contributed by atoms with Gasteiger partial charge in [-0.25, -0.2) is 4.79 Å². The number of rotatable bonds is 2. The lowest BCUT2D eigenvalue weighted by atomic mass is 10.1. The lowest BCUT2D eigenvalue weighted by Crippen LogP contribution is -2.21. The third kappa shape index (κ3) is 2.09. The highest BCUT2D eigenvalue weighted by Crippen LogP contribution is 2.28. The molecule has 0 fully saturated rings. The molecular formula is C14H9ClNO2S+. The van der Waals surface area contributed by atoms with Crippen molar-refractivity contribution < 1.29 is 14.3 Å². The van der Waals surface area contributed by atoms with E-state index in [1.165, 1.54) is 11.3 Å².